The van der Waals surface area contributed by atoms with Crippen LogP contribution in [-0.4, -0.2) is 10.9 Å². The third-order valence-electron chi connectivity index (χ3n) is 3.52. The molecular formula is C18H22N2O2. The van der Waals surface area contributed by atoms with E-state index in [1.165, 1.54) is 23.9 Å². The van der Waals surface area contributed by atoms with Crippen molar-refractivity contribution in [2.24, 2.45) is 5.92 Å². The lowest BCUT2D eigenvalue weighted by Crippen LogP contribution is -2.27. The standard InChI is InChI=1S/C18H22N2O2/c1-12(2)10-14-4-6-15(7-5-14)13(3)20-18(22)16-8-9-17(21)19-11-16/h4-9,11-13H,10H2,1-3H3,(H,19,21)(H,20,22)/t13-/m0/s1. The minimum atomic E-state index is -0.217. The normalized spacial score (nSPS) is 12.2. The van der Waals surface area contributed by atoms with E-state index in [0.29, 0.717) is 11.5 Å². The number of rotatable bonds is 5. The van der Waals surface area contributed by atoms with Crippen LogP contribution in [0, 0.1) is 5.92 Å². The van der Waals surface area contributed by atoms with Gasteiger partial charge in [-0.2, -0.15) is 0 Å². The van der Waals surface area contributed by atoms with E-state index in [1.54, 1.807) is 0 Å². The number of carbonyl (C=O) groups excluding carboxylic acids is 1. The average molecular weight is 298 g/mol. The van der Waals surface area contributed by atoms with E-state index < -0.39 is 0 Å². The van der Waals surface area contributed by atoms with Gasteiger partial charge in [-0.1, -0.05) is 38.1 Å². The number of aromatic nitrogens is 1. The average Bonchev–Trinajstić information content (AvgIpc) is 2.48. The van der Waals surface area contributed by atoms with Crippen molar-refractivity contribution >= 4 is 5.91 Å². The van der Waals surface area contributed by atoms with E-state index in [1.807, 2.05) is 6.92 Å². The third-order valence-corrected chi connectivity index (χ3v) is 3.52. The van der Waals surface area contributed by atoms with Crippen LogP contribution in [0.25, 0.3) is 0 Å². The van der Waals surface area contributed by atoms with Crippen molar-refractivity contribution in [2.75, 3.05) is 0 Å². The molecule has 4 nitrogen and oxygen atoms in total. The van der Waals surface area contributed by atoms with Gasteiger partial charge in [-0.15, -0.1) is 0 Å². The molecule has 1 heterocycles. The zero-order chi connectivity index (χ0) is 16.1. The lowest BCUT2D eigenvalue weighted by molar-refractivity contribution is 0.0939. The van der Waals surface area contributed by atoms with Crippen LogP contribution in [0.5, 0.6) is 0 Å². The summed E-state index contributed by atoms with van der Waals surface area (Å²) in [5.74, 6) is 0.429. The molecule has 2 rings (SSSR count). The number of hydrogen-bond acceptors (Lipinski definition) is 2. The van der Waals surface area contributed by atoms with Crippen LogP contribution in [0.2, 0.25) is 0 Å². The predicted octanol–water partition coefficient (Wildman–Crippen LogP) is 3.06. The highest BCUT2D eigenvalue weighted by Gasteiger charge is 2.11. The molecule has 0 saturated carbocycles. The van der Waals surface area contributed by atoms with Crippen LogP contribution >= 0.6 is 0 Å². The molecule has 2 N–H and O–H groups in total. The molecule has 0 aliphatic carbocycles. The van der Waals surface area contributed by atoms with Crippen molar-refractivity contribution in [3.8, 4) is 0 Å². The van der Waals surface area contributed by atoms with Gasteiger partial charge in [0.05, 0.1) is 11.6 Å². The van der Waals surface area contributed by atoms with Crippen LogP contribution in [0.15, 0.2) is 47.4 Å². The van der Waals surface area contributed by atoms with Gasteiger partial charge in [0.2, 0.25) is 5.56 Å². The van der Waals surface area contributed by atoms with E-state index in [0.717, 1.165) is 12.0 Å². The highest BCUT2D eigenvalue weighted by atomic mass is 16.2. The van der Waals surface area contributed by atoms with Gasteiger partial charge in [0.15, 0.2) is 0 Å². The maximum Gasteiger partial charge on any atom is 0.253 e. The summed E-state index contributed by atoms with van der Waals surface area (Å²) in [5, 5.41) is 2.93. The van der Waals surface area contributed by atoms with Crippen molar-refractivity contribution in [1.29, 1.82) is 0 Å². The van der Waals surface area contributed by atoms with Crippen LogP contribution in [0.3, 0.4) is 0 Å². The molecule has 2 aromatic rings. The molecule has 4 heteroatoms. The molecule has 0 fully saturated rings. The fraction of sp³-hybridized carbons (Fsp3) is 0.333. The zero-order valence-electron chi connectivity index (χ0n) is 13.2. The topological polar surface area (TPSA) is 62.0 Å². The van der Waals surface area contributed by atoms with Gasteiger partial charge in [-0.3, -0.25) is 9.59 Å². The Bertz CT molecular complexity index is 666. The zero-order valence-corrected chi connectivity index (χ0v) is 13.2. The largest absolute Gasteiger partial charge is 0.345 e. The molecule has 22 heavy (non-hydrogen) atoms. The fourth-order valence-corrected chi connectivity index (χ4v) is 2.33. The maximum absolute atomic E-state index is 12.1. The first-order valence-electron chi connectivity index (χ1n) is 7.54. The summed E-state index contributed by atoms with van der Waals surface area (Å²) in [6.45, 7) is 6.34. The first-order chi connectivity index (χ1) is 10.5. The van der Waals surface area contributed by atoms with Crippen molar-refractivity contribution in [1.82, 2.24) is 10.3 Å². The lowest BCUT2D eigenvalue weighted by Gasteiger charge is -2.15. The fourth-order valence-electron chi connectivity index (χ4n) is 2.33. The molecule has 0 spiro atoms. The van der Waals surface area contributed by atoms with Gasteiger partial charge in [0.25, 0.3) is 5.91 Å². The first kappa shape index (κ1) is 16.0. The quantitative estimate of drug-likeness (QED) is 0.891. The molecule has 0 bridgehead atoms. The summed E-state index contributed by atoms with van der Waals surface area (Å²) in [6.07, 6.45) is 2.48. The summed E-state index contributed by atoms with van der Waals surface area (Å²) in [7, 11) is 0. The maximum atomic E-state index is 12.1. The number of amides is 1. The Morgan fingerprint density at radius 3 is 2.32 bits per heavy atom. The summed E-state index contributed by atoms with van der Waals surface area (Å²) >= 11 is 0. The SMILES string of the molecule is CC(C)Cc1ccc([C@H](C)NC(=O)c2ccc(=O)[nH]c2)cc1. The molecule has 0 aliphatic rings. The molecule has 1 atom stereocenters. The molecule has 1 aromatic carbocycles. The summed E-state index contributed by atoms with van der Waals surface area (Å²) in [6, 6.07) is 11.1. The molecule has 1 aromatic heterocycles. The van der Waals surface area contributed by atoms with Crippen molar-refractivity contribution in [3.05, 3.63) is 69.6 Å². The van der Waals surface area contributed by atoms with Crippen LogP contribution in [0.4, 0.5) is 0 Å². The van der Waals surface area contributed by atoms with E-state index in [2.05, 4.69) is 48.4 Å². The highest BCUT2D eigenvalue weighted by molar-refractivity contribution is 5.94. The number of benzene rings is 1. The Morgan fingerprint density at radius 1 is 1.09 bits per heavy atom. The van der Waals surface area contributed by atoms with Gasteiger partial charge in [0.1, 0.15) is 0 Å². The molecule has 0 aliphatic heterocycles. The van der Waals surface area contributed by atoms with Crippen molar-refractivity contribution in [2.45, 2.75) is 33.2 Å². The minimum absolute atomic E-state index is 0.0903. The van der Waals surface area contributed by atoms with Crippen LogP contribution in [-0.2, 0) is 6.42 Å². The molecule has 1 amide bonds. The number of nitrogens with one attached hydrogen (secondary N) is 2. The Balaban J connectivity index is 2.02. The number of H-pyrrole nitrogens is 1. The Morgan fingerprint density at radius 2 is 1.77 bits per heavy atom. The van der Waals surface area contributed by atoms with E-state index in [4.69, 9.17) is 0 Å². The highest BCUT2D eigenvalue weighted by Crippen LogP contribution is 2.16. The Hall–Kier alpha value is -2.36. The number of hydrogen-bond donors (Lipinski definition) is 2. The van der Waals surface area contributed by atoms with Crippen LogP contribution < -0.4 is 10.9 Å². The summed E-state index contributed by atoms with van der Waals surface area (Å²) in [5.41, 5.74) is 2.59. The second kappa shape index (κ2) is 7.07. The monoisotopic (exact) mass is 298 g/mol. The van der Waals surface area contributed by atoms with E-state index >= 15 is 0 Å². The van der Waals surface area contributed by atoms with Gasteiger partial charge in [-0.25, -0.2) is 0 Å². The van der Waals surface area contributed by atoms with Gasteiger partial charge < -0.3 is 10.3 Å². The number of pyridine rings is 1. The van der Waals surface area contributed by atoms with Crippen molar-refractivity contribution < 1.29 is 4.79 Å². The van der Waals surface area contributed by atoms with Gasteiger partial charge in [-0.05, 0) is 36.5 Å². The Labute approximate surface area is 130 Å². The third kappa shape index (κ3) is 4.32. The molecule has 116 valence electrons. The number of aromatic amines is 1. The van der Waals surface area contributed by atoms with Gasteiger partial charge >= 0.3 is 0 Å². The summed E-state index contributed by atoms with van der Waals surface area (Å²) < 4.78 is 0. The number of carbonyl (C=O) groups is 1. The lowest BCUT2D eigenvalue weighted by atomic mass is 10.00. The van der Waals surface area contributed by atoms with Crippen LogP contribution in [0.1, 0.15) is 48.3 Å². The molecular weight excluding hydrogens is 276 g/mol. The summed E-state index contributed by atoms with van der Waals surface area (Å²) in [4.78, 5) is 25.6. The Kier molecular flexibility index (Phi) is 5.15. The second-order valence-corrected chi connectivity index (χ2v) is 5.98. The minimum Gasteiger partial charge on any atom is -0.345 e. The second-order valence-electron chi connectivity index (χ2n) is 5.98. The van der Waals surface area contributed by atoms with Crippen molar-refractivity contribution in [3.63, 3.8) is 0 Å². The first-order valence-corrected chi connectivity index (χ1v) is 7.54. The smallest absolute Gasteiger partial charge is 0.253 e. The predicted molar refractivity (Wildman–Crippen MR) is 87.9 cm³/mol. The van der Waals surface area contributed by atoms with E-state index in [9.17, 15) is 9.59 Å². The van der Waals surface area contributed by atoms with E-state index in [-0.39, 0.29) is 17.5 Å². The van der Waals surface area contributed by atoms with Gasteiger partial charge in [0, 0.05) is 12.3 Å². The molecule has 0 radical (unpaired) electrons. The molecule has 0 saturated heterocycles. The molecule has 0 unspecified atom stereocenters.